The number of hydrogen-bond donors (Lipinski definition) is 4. The summed E-state index contributed by atoms with van der Waals surface area (Å²) in [7, 11) is 0. The van der Waals surface area contributed by atoms with Crippen LogP contribution >= 0.6 is 0 Å². The van der Waals surface area contributed by atoms with Crippen molar-refractivity contribution in [3.63, 3.8) is 0 Å². The number of nitrogens with zero attached hydrogens (tertiary/aromatic N) is 1. The lowest BCUT2D eigenvalue weighted by Crippen LogP contribution is -2.28. The Morgan fingerprint density at radius 1 is 1.53 bits per heavy atom. The van der Waals surface area contributed by atoms with Crippen LogP contribution in [0, 0.1) is 0 Å². The molecular weight excluding hydrogens is 222 g/mol. The second kappa shape index (κ2) is 6.17. The molecule has 0 radical (unpaired) electrons. The van der Waals surface area contributed by atoms with Crippen LogP contribution < -0.4 is 11.1 Å². The van der Waals surface area contributed by atoms with Gasteiger partial charge in [-0.3, -0.25) is 4.79 Å². The van der Waals surface area contributed by atoms with Gasteiger partial charge in [0.05, 0.1) is 11.8 Å². The van der Waals surface area contributed by atoms with Crippen molar-refractivity contribution >= 4 is 11.7 Å². The largest absolute Gasteiger partial charge is 0.390 e. The van der Waals surface area contributed by atoms with Crippen LogP contribution in [0.25, 0.3) is 0 Å². The summed E-state index contributed by atoms with van der Waals surface area (Å²) in [6.45, 7) is 1.69. The van der Waals surface area contributed by atoms with E-state index in [9.17, 15) is 15.0 Å². The monoisotopic (exact) mass is 239 g/mol. The minimum atomic E-state index is -1.10. The van der Waals surface area contributed by atoms with Gasteiger partial charge in [0.15, 0.2) is 0 Å². The lowest BCUT2D eigenvalue weighted by Gasteiger charge is -2.17. The average molecular weight is 239 g/mol. The predicted octanol–water partition coefficient (Wildman–Crippen LogP) is -0.416. The van der Waals surface area contributed by atoms with Gasteiger partial charge in [0.1, 0.15) is 11.9 Å². The lowest BCUT2D eigenvalue weighted by molar-refractivity contribution is -0.119. The van der Waals surface area contributed by atoms with Gasteiger partial charge in [-0.2, -0.15) is 0 Å². The Hall–Kier alpha value is -1.66. The highest BCUT2D eigenvalue weighted by Gasteiger charge is 2.19. The summed E-state index contributed by atoms with van der Waals surface area (Å²) in [5.41, 5.74) is 5.80. The third-order valence-electron chi connectivity index (χ3n) is 2.27. The van der Waals surface area contributed by atoms with Crippen molar-refractivity contribution in [2.75, 3.05) is 12.3 Å². The highest BCUT2D eigenvalue weighted by atomic mass is 16.3. The summed E-state index contributed by atoms with van der Waals surface area (Å²) < 4.78 is 0. The molecule has 1 aromatic rings. The molecule has 0 aliphatic rings. The Morgan fingerprint density at radius 3 is 2.82 bits per heavy atom. The van der Waals surface area contributed by atoms with Crippen molar-refractivity contribution in [3.05, 3.63) is 23.9 Å². The third-order valence-corrected chi connectivity index (χ3v) is 2.27. The fourth-order valence-electron chi connectivity index (χ4n) is 1.38. The number of nitrogens with one attached hydrogen (secondary N) is 1. The van der Waals surface area contributed by atoms with Crippen LogP contribution in [-0.2, 0) is 4.79 Å². The van der Waals surface area contributed by atoms with Crippen molar-refractivity contribution in [1.29, 1.82) is 0 Å². The molecule has 5 N–H and O–H groups in total. The maximum absolute atomic E-state index is 10.6. The van der Waals surface area contributed by atoms with E-state index in [1.54, 1.807) is 18.2 Å². The van der Waals surface area contributed by atoms with Crippen molar-refractivity contribution in [2.24, 2.45) is 0 Å². The first-order valence-corrected chi connectivity index (χ1v) is 5.33. The van der Waals surface area contributed by atoms with Crippen molar-refractivity contribution in [3.8, 4) is 0 Å². The molecule has 6 heteroatoms. The van der Waals surface area contributed by atoms with Gasteiger partial charge in [-0.15, -0.1) is 0 Å². The lowest BCUT2D eigenvalue weighted by atomic mass is 10.1. The molecule has 2 atom stereocenters. The second-order valence-corrected chi connectivity index (χ2v) is 3.77. The number of carbonyl (C=O) groups excluding carboxylic acids is 1. The highest BCUT2D eigenvalue weighted by molar-refractivity contribution is 5.72. The number of rotatable bonds is 5. The first-order chi connectivity index (χ1) is 8.00. The topological polar surface area (TPSA) is 108 Å². The average Bonchev–Trinajstić information content (AvgIpc) is 2.27. The Balaban J connectivity index is 2.51. The van der Waals surface area contributed by atoms with E-state index in [0.717, 1.165) is 0 Å². The van der Waals surface area contributed by atoms with Crippen LogP contribution in [0.1, 0.15) is 25.1 Å². The predicted molar refractivity (Wildman–Crippen MR) is 62.9 cm³/mol. The van der Waals surface area contributed by atoms with Gasteiger partial charge in [-0.25, -0.2) is 4.98 Å². The van der Waals surface area contributed by atoms with Crippen molar-refractivity contribution in [2.45, 2.75) is 25.6 Å². The number of anilines is 1. The molecule has 1 heterocycles. The van der Waals surface area contributed by atoms with E-state index < -0.39 is 12.2 Å². The number of aromatic nitrogens is 1. The molecule has 0 aliphatic heterocycles. The van der Waals surface area contributed by atoms with E-state index in [-0.39, 0.29) is 18.1 Å². The molecule has 1 aromatic heterocycles. The number of nitrogen functional groups attached to an aromatic ring is 1. The molecule has 0 bridgehead atoms. The van der Waals surface area contributed by atoms with Crippen molar-refractivity contribution in [1.82, 2.24) is 10.3 Å². The third kappa shape index (κ3) is 4.38. The number of amides is 1. The zero-order valence-corrected chi connectivity index (χ0v) is 9.63. The van der Waals surface area contributed by atoms with Crippen LogP contribution in [0.15, 0.2) is 18.2 Å². The number of pyridine rings is 1. The van der Waals surface area contributed by atoms with E-state index in [2.05, 4.69) is 10.3 Å². The molecule has 0 fully saturated rings. The molecule has 94 valence electrons. The highest BCUT2D eigenvalue weighted by Crippen LogP contribution is 2.17. The zero-order valence-electron chi connectivity index (χ0n) is 9.63. The number of carbonyl (C=O) groups is 1. The molecule has 0 saturated heterocycles. The summed E-state index contributed by atoms with van der Waals surface area (Å²) in [4.78, 5) is 14.5. The first kappa shape index (κ1) is 13.4. The van der Waals surface area contributed by atoms with Crippen LogP contribution in [-0.4, -0.2) is 33.8 Å². The molecule has 2 unspecified atom stereocenters. The maximum atomic E-state index is 10.6. The molecule has 0 saturated carbocycles. The quantitative estimate of drug-likeness (QED) is 0.558. The van der Waals surface area contributed by atoms with E-state index in [4.69, 9.17) is 5.73 Å². The van der Waals surface area contributed by atoms with Gasteiger partial charge in [-0.05, 0) is 18.6 Å². The van der Waals surface area contributed by atoms with E-state index in [1.165, 1.54) is 6.92 Å². The maximum Gasteiger partial charge on any atom is 0.216 e. The molecule has 6 nitrogen and oxygen atoms in total. The zero-order chi connectivity index (χ0) is 12.8. The van der Waals surface area contributed by atoms with Crippen molar-refractivity contribution < 1.29 is 15.0 Å². The van der Waals surface area contributed by atoms with Gasteiger partial charge in [-0.1, -0.05) is 6.07 Å². The standard InChI is InChI=1S/C11H17N3O3/c1-7(15)13-6-5-9(16)11(17)8-3-2-4-10(12)14-8/h2-4,9,11,16-17H,5-6H2,1H3,(H2,12,14)(H,13,15). The summed E-state index contributed by atoms with van der Waals surface area (Å²) in [6, 6.07) is 4.84. The molecule has 0 aromatic carbocycles. The molecule has 0 aliphatic carbocycles. The van der Waals surface area contributed by atoms with Crippen LogP contribution in [0.5, 0.6) is 0 Å². The first-order valence-electron chi connectivity index (χ1n) is 5.33. The van der Waals surface area contributed by atoms with Gasteiger partial charge < -0.3 is 21.3 Å². The molecule has 17 heavy (non-hydrogen) atoms. The number of nitrogens with two attached hydrogens (primary N) is 1. The van der Waals surface area contributed by atoms with Crippen LogP contribution in [0.2, 0.25) is 0 Å². The summed E-state index contributed by atoms with van der Waals surface area (Å²) >= 11 is 0. The number of hydrogen-bond acceptors (Lipinski definition) is 5. The van der Waals surface area contributed by atoms with E-state index in [0.29, 0.717) is 12.2 Å². The van der Waals surface area contributed by atoms with Crippen LogP contribution in [0.4, 0.5) is 5.82 Å². The fraction of sp³-hybridized carbons (Fsp3) is 0.455. The minimum absolute atomic E-state index is 0.172. The Labute approximate surface area is 99.5 Å². The Kier molecular flexibility index (Phi) is 4.86. The molecule has 0 spiro atoms. The van der Waals surface area contributed by atoms with E-state index in [1.807, 2.05) is 0 Å². The number of aliphatic hydroxyl groups excluding tert-OH is 2. The van der Waals surface area contributed by atoms with Gasteiger partial charge >= 0.3 is 0 Å². The second-order valence-electron chi connectivity index (χ2n) is 3.77. The van der Waals surface area contributed by atoms with Gasteiger partial charge in [0.2, 0.25) is 5.91 Å². The fourth-order valence-corrected chi connectivity index (χ4v) is 1.38. The Bertz CT molecular complexity index is 384. The number of aliphatic hydroxyl groups is 2. The summed E-state index contributed by atoms with van der Waals surface area (Å²) in [5, 5.41) is 22.0. The van der Waals surface area contributed by atoms with Gasteiger partial charge in [0.25, 0.3) is 0 Å². The van der Waals surface area contributed by atoms with E-state index >= 15 is 0 Å². The SMILES string of the molecule is CC(=O)NCCC(O)C(O)c1cccc(N)n1. The molecule has 1 amide bonds. The molecular formula is C11H17N3O3. The minimum Gasteiger partial charge on any atom is -0.390 e. The smallest absolute Gasteiger partial charge is 0.216 e. The Morgan fingerprint density at radius 2 is 2.24 bits per heavy atom. The summed E-state index contributed by atoms with van der Waals surface area (Å²) in [6.07, 6.45) is -1.85. The molecule has 1 rings (SSSR count). The van der Waals surface area contributed by atoms with Crippen LogP contribution in [0.3, 0.4) is 0 Å². The van der Waals surface area contributed by atoms with Gasteiger partial charge in [0, 0.05) is 13.5 Å². The summed E-state index contributed by atoms with van der Waals surface area (Å²) in [5.74, 6) is 0.115. The normalized spacial score (nSPS) is 14.1.